The molecule has 3 aromatic rings. The van der Waals surface area contributed by atoms with Gasteiger partial charge in [-0.2, -0.15) is 4.40 Å². The fourth-order valence-electron chi connectivity index (χ4n) is 2.51. The molecule has 0 radical (unpaired) electrons. The summed E-state index contributed by atoms with van der Waals surface area (Å²) in [6, 6.07) is 15.7. The quantitative estimate of drug-likeness (QED) is 0.548. The Morgan fingerprint density at radius 3 is 2.50 bits per heavy atom. The van der Waals surface area contributed by atoms with Gasteiger partial charge in [0.25, 0.3) is 5.65 Å². The number of hydroxylamine groups is 2. The third-order valence-electron chi connectivity index (χ3n) is 3.51. The minimum atomic E-state index is -0.384. The van der Waals surface area contributed by atoms with Crippen molar-refractivity contribution in [1.82, 2.24) is 9.63 Å². The molecule has 5 heteroatoms. The van der Waals surface area contributed by atoms with E-state index in [1.54, 1.807) is 20.2 Å². The van der Waals surface area contributed by atoms with Crippen LogP contribution >= 0.6 is 0 Å². The van der Waals surface area contributed by atoms with Crippen LogP contribution in [0.25, 0.3) is 16.9 Å². The summed E-state index contributed by atoms with van der Waals surface area (Å²) in [6.07, 6.45) is 1.96. The van der Waals surface area contributed by atoms with Crippen LogP contribution in [0.4, 0.5) is 0 Å². The lowest BCUT2D eigenvalue weighted by Crippen LogP contribution is -2.32. The van der Waals surface area contributed by atoms with Crippen molar-refractivity contribution in [3.8, 4) is 11.3 Å². The van der Waals surface area contributed by atoms with Gasteiger partial charge in [-0.05, 0) is 12.1 Å². The first-order valence-electron chi connectivity index (χ1n) is 7.03. The highest BCUT2D eigenvalue weighted by atomic mass is 16.7. The number of hydrogen-bond donors (Lipinski definition) is 0. The minimum absolute atomic E-state index is 0.384. The monoisotopic (exact) mass is 296 g/mol. The van der Waals surface area contributed by atoms with E-state index in [9.17, 15) is 4.79 Å². The smallest absolute Gasteiger partial charge is 0.362 e. The van der Waals surface area contributed by atoms with Crippen LogP contribution in [-0.4, -0.2) is 29.7 Å². The van der Waals surface area contributed by atoms with E-state index in [1.807, 2.05) is 60.1 Å². The van der Waals surface area contributed by atoms with E-state index >= 15 is 0 Å². The van der Waals surface area contributed by atoms with E-state index in [4.69, 9.17) is 4.84 Å². The van der Waals surface area contributed by atoms with Gasteiger partial charge in [-0.15, -0.1) is 5.06 Å². The number of fused-ring (bicyclic) bond motifs is 1. The highest BCUT2D eigenvalue weighted by molar-refractivity contribution is 5.85. The van der Waals surface area contributed by atoms with Crippen molar-refractivity contribution in [1.29, 1.82) is 0 Å². The average Bonchev–Trinajstić information content (AvgIpc) is 2.85. The maximum absolute atomic E-state index is 12.2. The molecule has 0 fully saturated rings. The number of hydrogen-bond acceptors (Lipinski definition) is 3. The number of aryl methyl sites for hydroxylation is 1. The second kappa shape index (κ2) is 5.61. The molecule has 2 heterocycles. The zero-order chi connectivity index (χ0) is 15.7. The predicted octanol–water partition coefficient (Wildman–Crippen LogP) is 2.06. The van der Waals surface area contributed by atoms with Crippen molar-refractivity contribution in [3.05, 3.63) is 60.4 Å². The van der Waals surface area contributed by atoms with Crippen molar-refractivity contribution in [2.75, 3.05) is 14.1 Å². The molecule has 0 amide bonds. The molecule has 0 aliphatic rings. The molecule has 3 rings (SSSR count). The largest absolute Gasteiger partial charge is 0.397 e. The number of benzene rings is 1. The Hall–Kier alpha value is -2.66. The molecule has 0 bridgehead atoms. The molecule has 0 aliphatic heterocycles. The van der Waals surface area contributed by atoms with Gasteiger partial charge in [0.05, 0.1) is 7.05 Å². The Labute approximate surface area is 128 Å². The van der Waals surface area contributed by atoms with E-state index in [-0.39, 0.29) is 5.97 Å². The average molecular weight is 296 g/mol. The third kappa shape index (κ3) is 2.46. The predicted molar refractivity (Wildman–Crippen MR) is 83.1 cm³/mol. The molecule has 0 saturated heterocycles. The van der Waals surface area contributed by atoms with Gasteiger partial charge in [0.2, 0.25) is 5.69 Å². The number of aromatic nitrogens is 2. The van der Waals surface area contributed by atoms with Gasteiger partial charge in [0.1, 0.15) is 6.20 Å². The van der Waals surface area contributed by atoms with Crippen LogP contribution < -0.4 is 4.40 Å². The minimum Gasteiger partial charge on any atom is -0.362 e. The molecular formula is C17H18N3O2+. The zero-order valence-electron chi connectivity index (χ0n) is 12.9. The number of carbonyl (C=O) groups is 1. The lowest BCUT2D eigenvalue weighted by molar-refractivity contribution is -0.514. The van der Waals surface area contributed by atoms with E-state index in [0.717, 1.165) is 16.9 Å². The highest BCUT2D eigenvalue weighted by Gasteiger charge is 2.23. The van der Waals surface area contributed by atoms with E-state index in [1.165, 1.54) is 5.06 Å². The van der Waals surface area contributed by atoms with Crippen LogP contribution in [0.2, 0.25) is 0 Å². The Bertz CT molecular complexity index is 823. The standard InChI is InChI=1S/C17H18N3O2/c1-18(2)22-17(21)14-10-7-11-16-19(3)15(12-20(14)16)13-8-5-4-6-9-13/h4-12H,1-3H3/q+1. The van der Waals surface area contributed by atoms with Gasteiger partial charge >= 0.3 is 5.97 Å². The number of carbonyl (C=O) groups excluding carboxylic acids is 1. The number of pyridine rings is 1. The molecule has 0 N–H and O–H groups in total. The topological polar surface area (TPSA) is 38.6 Å². The molecule has 0 atom stereocenters. The zero-order valence-corrected chi connectivity index (χ0v) is 12.9. The maximum atomic E-state index is 12.2. The summed E-state index contributed by atoms with van der Waals surface area (Å²) in [5, 5.41) is 1.39. The Kier molecular flexibility index (Phi) is 3.65. The van der Waals surface area contributed by atoms with Gasteiger partial charge in [0.15, 0.2) is 5.69 Å². The summed E-state index contributed by atoms with van der Waals surface area (Å²) in [5.41, 5.74) is 3.54. The van der Waals surface area contributed by atoms with Crippen LogP contribution in [-0.2, 0) is 11.9 Å². The molecule has 2 aromatic heterocycles. The highest BCUT2D eigenvalue weighted by Crippen LogP contribution is 2.19. The first-order valence-corrected chi connectivity index (χ1v) is 7.03. The van der Waals surface area contributed by atoms with Crippen molar-refractivity contribution < 1.29 is 14.0 Å². The van der Waals surface area contributed by atoms with Gasteiger partial charge < -0.3 is 4.84 Å². The van der Waals surface area contributed by atoms with Crippen LogP contribution in [0.5, 0.6) is 0 Å². The van der Waals surface area contributed by atoms with E-state index < -0.39 is 0 Å². The number of nitrogens with zero attached hydrogens (tertiary/aromatic N) is 3. The fraction of sp³-hybridized carbons (Fsp3) is 0.176. The summed E-state index contributed by atoms with van der Waals surface area (Å²) in [5.74, 6) is -0.384. The lowest BCUT2D eigenvalue weighted by atomic mass is 10.2. The second-order valence-corrected chi connectivity index (χ2v) is 5.27. The van der Waals surface area contributed by atoms with Crippen molar-refractivity contribution in [3.63, 3.8) is 0 Å². The molecule has 1 aromatic carbocycles. The van der Waals surface area contributed by atoms with Crippen LogP contribution in [0, 0.1) is 0 Å². The van der Waals surface area contributed by atoms with Gasteiger partial charge in [0, 0.05) is 25.7 Å². The molecular weight excluding hydrogens is 278 g/mol. The van der Waals surface area contributed by atoms with Crippen molar-refractivity contribution in [2.45, 2.75) is 0 Å². The Morgan fingerprint density at radius 2 is 1.82 bits per heavy atom. The second-order valence-electron chi connectivity index (χ2n) is 5.27. The third-order valence-corrected chi connectivity index (χ3v) is 3.51. The van der Waals surface area contributed by atoms with E-state index in [2.05, 4.69) is 4.57 Å². The molecule has 0 saturated carbocycles. The van der Waals surface area contributed by atoms with Crippen LogP contribution in [0.15, 0.2) is 54.7 Å². The normalized spacial score (nSPS) is 11.1. The van der Waals surface area contributed by atoms with Crippen LogP contribution in [0.3, 0.4) is 0 Å². The lowest BCUT2D eigenvalue weighted by Gasteiger charge is -2.08. The number of rotatable bonds is 3. The fourth-order valence-corrected chi connectivity index (χ4v) is 2.51. The molecule has 0 unspecified atom stereocenters. The SMILES string of the molecule is CN(C)OC(=O)c1cccc2n(C)c(-c3ccccc3)c[n+]12. The summed E-state index contributed by atoms with van der Waals surface area (Å²) >= 11 is 0. The maximum Gasteiger partial charge on any atom is 0.397 e. The van der Waals surface area contributed by atoms with Gasteiger partial charge in [-0.1, -0.05) is 30.3 Å². The molecule has 22 heavy (non-hydrogen) atoms. The molecule has 0 spiro atoms. The Balaban J connectivity index is 2.16. The van der Waals surface area contributed by atoms with Crippen LogP contribution in [0.1, 0.15) is 10.5 Å². The number of imidazole rings is 1. The van der Waals surface area contributed by atoms with Crippen molar-refractivity contribution in [2.24, 2.45) is 7.05 Å². The van der Waals surface area contributed by atoms with Gasteiger partial charge in [-0.25, -0.2) is 9.36 Å². The summed E-state index contributed by atoms with van der Waals surface area (Å²) < 4.78 is 3.91. The summed E-state index contributed by atoms with van der Waals surface area (Å²) in [4.78, 5) is 17.4. The first kappa shape index (κ1) is 14.3. The van der Waals surface area contributed by atoms with E-state index in [0.29, 0.717) is 5.69 Å². The molecule has 5 nitrogen and oxygen atoms in total. The van der Waals surface area contributed by atoms with Crippen molar-refractivity contribution >= 4 is 11.6 Å². The van der Waals surface area contributed by atoms with Gasteiger partial charge in [-0.3, -0.25) is 0 Å². The summed E-state index contributed by atoms with van der Waals surface area (Å²) in [7, 11) is 5.35. The Morgan fingerprint density at radius 1 is 1.09 bits per heavy atom. The first-order chi connectivity index (χ1) is 10.6. The molecule has 112 valence electrons. The summed E-state index contributed by atoms with van der Waals surface area (Å²) in [6.45, 7) is 0. The molecule has 0 aliphatic carbocycles.